The van der Waals surface area contributed by atoms with Crippen molar-refractivity contribution in [3.63, 3.8) is 0 Å². The molecular weight excluding hydrogens is 386 g/mol. The molecule has 0 saturated carbocycles. The van der Waals surface area contributed by atoms with Gasteiger partial charge in [0.25, 0.3) is 0 Å². The molecule has 1 heterocycles. The monoisotopic (exact) mass is 410 g/mol. The Morgan fingerprint density at radius 2 is 1.81 bits per heavy atom. The lowest BCUT2D eigenvalue weighted by molar-refractivity contribution is 0.264. The molecule has 0 amide bonds. The van der Waals surface area contributed by atoms with Gasteiger partial charge in [0.1, 0.15) is 0 Å². The highest BCUT2D eigenvalue weighted by atomic mass is 35.5. The van der Waals surface area contributed by atoms with Gasteiger partial charge in [0.05, 0.1) is 0 Å². The number of rotatable bonds is 7. The minimum atomic E-state index is -1.98. The van der Waals surface area contributed by atoms with Crippen molar-refractivity contribution in [2.24, 2.45) is 0 Å². The van der Waals surface area contributed by atoms with E-state index in [1.165, 1.54) is 0 Å². The minimum Gasteiger partial charge on any atom is -0.396 e. The summed E-state index contributed by atoms with van der Waals surface area (Å²) < 4.78 is 15.3. The number of hydrogen-bond donors (Lipinski definition) is 2. The predicted octanol–water partition coefficient (Wildman–Crippen LogP) is 4.28. The zero-order valence-electron chi connectivity index (χ0n) is 15.2. The van der Waals surface area contributed by atoms with Gasteiger partial charge in [0.2, 0.25) is 5.13 Å². The molecule has 1 atom stereocenters. The minimum absolute atomic E-state index is 0.0176. The number of halogens is 3. The third-order valence-corrected chi connectivity index (χ3v) is 5.78. The summed E-state index contributed by atoms with van der Waals surface area (Å²) in [6, 6.07) is 12.9. The van der Waals surface area contributed by atoms with E-state index in [0.717, 1.165) is 43.0 Å². The Labute approximate surface area is 170 Å². The molecule has 3 rings (SSSR count). The number of alkyl halides is 2. The SMILES string of the molecule is OCCc1cc(C(F)(Cl)CCc2ccccc2Cl)ccc1N1CCNCC1. The Morgan fingerprint density at radius 3 is 2.52 bits per heavy atom. The van der Waals surface area contributed by atoms with Crippen LogP contribution in [0.4, 0.5) is 10.1 Å². The molecule has 1 saturated heterocycles. The molecule has 146 valence electrons. The Balaban J connectivity index is 1.79. The van der Waals surface area contributed by atoms with Gasteiger partial charge < -0.3 is 15.3 Å². The van der Waals surface area contributed by atoms with Crippen molar-refractivity contribution < 1.29 is 9.50 Å². The molecule has 0 spiro atoms. The van der Waals surface area contributed by atoms with E-state index in [2.05, 4.69) is 10.2 Å². The number of nitrogens with one attached hydrogen (secondary N) is 1. The van der Waals surface area contributed by atoms with Crippen LogP contribution in [0.15, 0.2) is 42.5 Å². The molecule has 0 bridgehead atoms. The fourth-order valence-corrected chi connectivity index (χ4v) is 3.93. The normalized spacial score (nSPS) is 17.0. The number of aliphatic hydroxyl groups is 1. The Morgan fingerprint density at radius 1 is 1.07 bits per heavy atom. The van der Waals surface area contributed by atoms with Crippen LogP contribution in [0, 0.1) is 0 Å². The van der Waals surface area contributed by atoms with Gasteiger partial charge in [-0.2, -0.15) is 0 Å². The first-order chi connectivity index (χ1) is 13.0. The van der Waals surface area contributed by atoms with Crippen molar-refractivity contribution in [2.45, 2.75) is 24.4 Å². The van der Waals surface area contributed by atoms with E-state index in [-0.39, 0.29) is 13.0 Å². The van der Waals surface area contributed by atoms with Gasteiger partial charge in [-0.05, 0) is 42.2 Å². The molecule has 1 aliphatic rings. The van der Waals surface area contributed by atoms with E-state index in [9.17, 15) is 5.11 Å². The topological polar surface area (TPSA) is 35.5 Å². The third kappa shape index (κ3) is 5.14. The average Bonchev–Trinajstić information content (AvgIpc) is 2.68. The number of benzene rings is 2. The predicted molar refractivity (Wildman–Crippen MR) is 111 cm³/mol. The van der Waals surface area contributed by atoms with Crippen molar-refractivity contribution in [3.8, 4) is 0 Å². The number of nitrogens with zero attached hydrogens (tertiary/aromatic N) is 1. The van der Waals surface area contributed by atoms with Gasteiger partial charge in [-0.1, -0.05) is 47.5 Å². The first-order valence-corrected chi connectivity index (χ1v) is 10.1. The van der Waals surface area contributed by atoms with Crippen LogP contribution in [0.25, 0.3) is 0 Å². The second-order valence-electron chi connectivity index (χ2n) is 6.85. The van der Waals surface area contributed by atoms with Gasteiger partial charge in [-0.25, -0.2) is 4.39 Å². The molecule has 3 nitrogen and oxygen atoms in total. The zero-order valence-corrected chi connectivity index (χ0v) is 16.7. The maximum absolute atomic E-state index is 15.3. The summed E-state index contributed by atoms with van der Waals surface area (Å²) in [6.45, 7) is 3.64. The lowest BCUT2D eigenvalue weighted by Gasteiger charge is -2.32. The summed E-state index contributed by atoms with van der Waals surface area (Å²) in [6.07, 6.45) is 1.06. The summed E-state index contributed by atoms with van der Waals surface area (Å²) in [5, 5.41) is 11.4. The number of aryl methyl sites for hydroxylation is 1. The fourth-order valence-electron chi connectivity index (χ4n) is 3.49. The second-order valence-corrected chi connectivity index (χ2v) is 7.86. The maximum Gasteiger partial charge on any atom is 0.209 e. The quantitative estimate of drug-likeness (QED) is 0.668. The molecule has 1 aliphatic heterocycles. The van der Waals surface area contributed by atoms with Crippen LogP contribution in [-0.4, -0.2) is 37.9 Å². The first kappa shape index (κ1) is 20.4. The highest BCUT2D eigenvalue weighted by Crippen LogP contribution is 2.38. The van der Waals surface area contributed by atoms with E-state index < -0.39 is 5.13 Å². The summed E-state index contributed by atoms with van der Waals surface area (Å²) in [5.74, 6) is 0. The Kier molecular flexibility index (Phi) is 6.99. The van der Waals surface area contributed by atoms with Crippen LogP contribution >= 0.6 is 23.2 Å². The van der Waals surface area contributed by atoms with E-state index in [4.69, 9.17) is 23.2 Å². The summed E-state index contributed by atoms with van der Waals surface area (Å²) in [5.41, 5.74) is 3.29. The van der Waals surface area contributed by atoms with Crippen molar-refractivity contribution in [1.29, 1.82) is 0 Å². The number of piperazine rings is 1. The van der Waals surface area contributed by atoms with Gasteiger partial charge in [-0.15, -0.1) is 0 Å². The van der Waals surface area contributed by atoms with Crippen molar-refractivity contribution in [3.05, 3.63) is 64.2 Å². The highest BCUT2D eigenvalue weighted by molar-refractivity contribution is 6.31. The number of hydrogen-bond acceptors (Lipinski definition) is 3. The van der Waals surface area contributed by atoms with Crippen molar-refractivity contribution in [1.82, 2.24) is 5.32 Å². The van der Waals surface area contributed by atoms with Crippen LogP contribution in [-0.2, 0) is 18.0 Å². The highest BCUT2D eigenvalue weighted by Gasteiger charge is 2.30. The Bertz CT molecular complexity index is 764. The van der Waals surface area contributed by atoms with E-state index in [0.29, 0.717) is 23.4 Å². The lowest BCUT2D eigenvalue weighted by atomic mass is 9.97. The first-order valence-electron chi connectivity index (χ1n) is 9.32. The molecular formula is C21H25Cl2FN2O. The van der Waals surface area contributed by atoms with Crippen LogP contribution in [0.3, 0.4) is 0 Å². The second kappa shape index (κ2) is 9.24. The molecule has 2 aromatic carbocycles. The number of aliphatic hydroxyl groups excluding tert-OH is 1. The molecule has 1 fully saturated rings. The zero-order chi connectivity index (χ0) is 19.3. The molecule has 2 aromatic rings. The molecule has 1 unspecified atom stereocenters. The van der Waals surface area contributed by atoms with Crippen LogP contribution in [0.1, 0.15) is 23.1 Å². The van der Waals surface area contributed by atoms with Crippen LogP contribution < -0.4 is 10.2 Å². The Hall–Kier alpha value is -1.33. The van der Waals surface area contributed by atoms with Gasteiger partial charge >= 0.3 is 0 Å². The smallest absolute Gasteiger partial charge is 0.209 e. The van der Waals surface area contributed by atoms with Gasteiger partial charge in [-0.3, -0.25) is 0 Å². The molecule has 2 N–H and O–H groups in total. The summed E-state index contributed by atoms with van der Waals surface area (Å²) in [4.78, 5) is 2.27. The summed E-state index contributed by atoms with van der Waals surface area (Å²) >= 11 is 12.4. The lowest BCUT2D eigenvalue weighted by Crippen LogP contribution is -2.44. The number of anilines is 1. The average molecular weight is 411 g/mol. The standard InChI is InChI=1S/C21H25Cl2FN2O/c22-19-4-2-1-3-16(19)7-9-21(23,24)18-5-6-20(17(15-18)8-14-27)26-12-10-25-11-13-26/h1-6,15,25,27H,7-14H2. The maximum atomic E-state index is 15.3. The van der Waals surface area contributed by atoms with Gasteiger partial charge in [0.15, 0.2) is 0 Å². The fraction of sp³-hybridized carbons (Fsp3) is 0.429. The van der Waals surface area contributed by atoms with Crippen LogP contribution in [0.5, 0.6) is 0 Å². The van der Waals surface area contributed by atoms with E-state index >= 15 is 4.39 Å². The van der Waals surface area contributed by atoms with E-state index in [1.807, 2.05) is 24.3 Å². The van der Waals surface area contributed by atoms with Crippen molar-refractivity contribution >= 4 is 28.9 Å². The molecule has 0 aromatic heterocycles. The summed E-state index contributed by atoms with van der Waals surface area (Å²) in [7, 11) is 0. The molecule has 27 heavy (non-hydrogen) atoms. The van der Waals surface area contributed by atoms with Crippen molar-refractivity contribution in [2.75, 3.05) is 37.7 Å². The third-order valence-electron chi connectivity index (χ3n) is 5.01. The molecule has 0 aliphatic carbocycles. The largest absolute Gasteiger partial charge is 0.396 e. The van der Waals surface area contributed by atoms with E-state index in [1.54, 1.807) is 18.2 Å². The molecule has 0 radical (unpaired) electrons. The van der Waals surface area contributed by atoms with Gasteiger partial charge in [0, 0.05) is 55.5 Å². The molecule has 6 heteroatoms. The van der Waals surface area contributed by atoms with Crippen LogP contribution in [0.2, 0.25) is 5.02 Å².